The molecule has 1 aromatic rings. The van der Waals surface area contributed by atoms with E-state index in [1.807, 2.05) is 6.92 Å². The van der Waals surface area contributed by atoms with Crippen molar-refractivity contribution in [3.63, 3.8) is 0 Å². The summed E-state index contributed by atoms with van der Waals surface area (Å²) in [4.78, 5) is 33.3. The van der Waals surface area contributed by atoms with E-state index >= 15 is 0 Å². The van der Waals surface area contributed by atoms with E-state index in [-0.39, 0.29) is 18.0 Å². The van der Waals surface area contributed by atoms with Crippen molar-refractivity contribution in [1.29, 1.82) is 0 Å². The molecule has 1 rings (SSSR count). The molecule has 0 atom stereocenters. The van der Waals surface area contributed by atoms with Gasteiger partial charge >= 0.3 is 5.97 Å². The normalized spacial score (nSPS) is 9.94. The van der Waals surface area contributed by atoms with Crippen LogP contribution in [0, 0.1) is 0 Å². The third-order valence-corrected chi connectivity index (χ3v) is 2.11. The van der Waals surface area contributed by atoms with Gasteiger partial charge in [-0.25, -0.2) is 4.79 Å². The van der Waals surface area contributed by atoms with Crippen LogP contribution in [0.3, 0.4) is 0 Å². The van der Waals surface area contributed by atoms with E-state index in [4.69, 9.17) is 5.11 Å². The number of carboxylic acid groups (broad SMARTS) is 1. The highest BCUT2D eigenvalue weighted by atomic mass is 16.4. The number of nitrogens with one attached hydrogen (secondary N) is 1. The van der Waals surface area contributed by atoms with Gasteiger partial charge in [0.2, 0.25) is 5.91 Å². The number of carbonyl (C=O) groups excluding carboxylic acids is 1. The van der Waals surface area contributed by atoms with Crippen LogP contribution in [0.15, 0.2) is 23.3 Å². The summed E-state index contributed by atoms with van der Waals surface area (Å²) in [5, 5.41) is 11.4. The van der Waals surface area contributed by atoms with Crippen LogP contribution in [0.2, 0.25) is 0 Å². The summed E-state index contributed by atoms with van der Waals surface area (Å²) in [5.74, 6) is -1.51. The molecular formula is C11H14N2O4. The number of nitrogens with zero attached hydrogens (tertiary/aromatic N) is 1. The summed E-state index contributed by atoms with van der Waals surface area (Å²) >= 11 is 0. The van der Waals surface area contributed by atoms with E-state index in [0.29, 0.717) is 6.54 Å². The lowest BCUT2D eigenvalue weighted by molar-refractivity contribution is -0.121. The molecule has 92 valence electrons. The molecule has 1 heterocycles. The number of amides is 1. The molecule has 0 spiro atoms. The van der Waals surface area contributed by atoms with Crippen LogP contribution in [0.1, 0.15) is 23.7 Å². The summed E-state index contributed by atoms with van der Waals surface area (Å²) < 4.78 is 1.37. The molecule has 1 amide bonds. The molecule has 0 saturated heterocycles. The minimum absolute atomic E-state index is 0.000556. The van der Waals surface area contributed by atoms with E-state index in [0.717, 1.165) is 18.7 Å². The Morgan fingerprint density at radius 3 is 2.76 bits per heavy atom. The molecule has 6 nitrogen and oxygen atoms in total. The number of pyridine rings is 1. The van der Waals surface area contributed by atoms with E-state index in [1.165, 1.54) is 10.8 Å². The number of aromatic carboxylic acids is 1. The molecule has 0 bridgehead atoms. The lowest BCUT2D eigenvalue weighted by atomic mass is 10.3. The Morgan fingerprint density at radius 2 is 2.18 bits per heavy atom. The predicted octanol–water partition coefficient (Wildman–Crippen LogP) is 0.0727. The van der Waals surface area contributed by atoms with Crippen LogP contribution < -0.4 is 10.7 Å². The Hall–Kier alpha value is -2.11. The van der Waals surface area contributed by atoms with E-state index in [9.17, 15) is 14.4 Å². The first-order valence-corrected chi connectivity index (χ1v) is 5.24. The number of carbonyl (C=O) groups is 2. The van der Waals surface area contributed by atoms with Gasteiger partial charge in [-0.15, -0.1) is 0 Å². The van der Waals surface area contributed by atoms with Crippen molar-refractivity contribution in [2.24, 2.45) is 0 Å². The number of rotatable bonds is 5. The molecule has 0 fully saturated rings. The number of hydrogen-bond acceptors (Lipinski definition) is 3. The first-order chi connectivity index (χ1) is 8.04. The van der Waals surface area contributed by atoms with Crippen molar-refractivity contribution >= 4 is 11.9 Å². The smallest absolute Gasteiger partial charge is 0.341 e. The fraction of sp³-hybridized carbons (Fsp3) is 0.364. The first kappa shape index (κ1) is 13.0. The summed E-state index contributed by atoms with van der Waals surface area (Å²) in [6.45, 7) is 2.51. The van der Waals surface area contributed by atoms with Gasteiger partial charge in [-0.3, -0.25) is 9.59 Å². The molecule has 6 heteroatoms. The van der Waals surface area contributed by atoms with Crippen molar-refractivity contribution in [3.8, 4) is 0 Å². The van der Waals surface area contributed by atoms with Gasteiger partial charge in [0.05, 0.1) is 0 Å². The van der Waals surface area contributed by atoms with Gasteiger partial charge < -0.3 is 15.0 Å². The second-order valence-electron chi connectivity index (χ2n) is 3.55. The highest BCUT2D eigenvalue weighted by Crippen LogP contribution is 1.93. The molecule has 2 N–H and O–H groups in total. The molecular weight excluding hydrogens is 224 g/mol. The number of carboxylic acids is 1. The van der Waals surface area contributed by atoms with Crippen molar-refractivity contribution in [1.82, 2.24) is 9.88 Å². The highest BCUT2D eigenvalue weighted by molar-refractivity contribution is 5.87. The Kier molecular flexibility index (Phi) is 4.45. The van der Waals surface area contributed by atoms with Gasteiger partial charge in [0.1, 0.15) is 12.1 Å². The Balaban J connectivity index is 2.79. The fourth-order valence-corrected chi connectivity index (χ4v) is 1.27. The van der Waals surface area contributed by atoms with E-state index in [1.54, 1.807) is 0 Å². The molecule has 0 unspecified atom stereocenters. The van der Waals surface area contributed by atoms with Crippen LogP contribution >= 0.6 is 0 Å². The molecule has 0 radical (unpaired) electrons. The number of aromatic nitrogens is 1. The highest BCUT2D eigenvalue weighted by Gasteiger charge is 2.09. The average molecular weight is 238 g/mol. The van der Waals surface area contributed by atoms with Gasteiger partial charge in [-0.2, -0.15) is 0 Å². The molecule has 0 aliphatic heterocycles. The summed E-state index contributed by atoms with van der Waals surface area (Å²) in [6.07, 6.45) is 3.38. The standard InChI is InChI=1S/C11H14N2O4/c1-2-4-12-10(15)7-13-5-3-9(14)8(6-13)11(16)17/h3,5-6H,2,4,7H2,1H3,(H,12,15)(H,16,17). The zero-order chi connectivity index (χ0) is 12.8. The van der Waals surface area contributed by atoms with Gasteiger partial charge in [-0.1, -0.05) is 6.92 Å². The van der Waals surface area contributed by atoms with Gasteiger partial charge in [0, 0.05) is 25.0 Å². The summed E-state index contributed by atoms with van der Waals surface area (Å²) in [5.41, 5.74) is -0.904. The average Bonchev–Trinajstić information content (AvgIpc) is 2.28. The lowest BCUT2D eigenvalue weighted by Crippen LogP contribution is -2.29. The molecule has 0 aliphatic rings. The molecule has 0 aromatic carbocycles. The van der Waals surface area contributed by atoms with Gasteiger partial charge in [0.15, 0.2) is 5.43 Å². The van der Waals surface area contributed by atoms with Crippen molar-refractivity contribution in [3.05, 3.63) is 34.2 Å². The third kappa shape index (κ3) is 3.75. The Morgan fingerprint density at radius 1 is 1.47 bits per heavy atom. The molecule has 0 saturated carbocycles. The van der Waals surface area contributed by atoms with Crippen LogP contribution in [-0.4, -0.2) is 28.1 Å². The maximum absolute atomic E-state index is 11.4. The first-order valence-electron chi connectivity index (χ1n) is 5.24. The van der Waals surface area contributed by atoms with Crippen LogP contribution in [0.4, 0.5) is 0 Å². The maximum Gasteiger partial charge on any atom is 0.341 e. The Labute approximate surface area is 97.9 Å². The zero-order valence-electron chi connectivity index (χ0n) is 9.47. The fourth-order valence-electron chi connectivity index (χ4n) is 1.27. The van der Waals surface area contributed by atoms with E-state index in [2.05, 4.69) is 5.32 Å². The monoisotopic (exact) mass is 238 g/mol. The summed E-state index contributed by atoms with van der Waals surface area (Å²) in [7, 11) is 0. The lowest BCUT2D eigenvalue weighted by Gasteiger charge is -2.07. The second kappa shape index (κ2) is 5.83. The topological polar surface area (TPSA) is 88.4 Å². The van der Waals surface area contributed by atoms with Crippen LogP contribution in [0.5, 0.6) is 0 Å². The summed E-state index contributed by atoms with van der Waals surface area (Å²) in [6, 6.07) is 1.14. The quantitative estimate of drug-likeness (QED) is 0.760. The van der Waals surface area contributed by atoms with Crippen molar-refractivity contribution in [2.75, 3.05) is 6.54 Å². The van der Waals surface area contributed by atoms with Gasteiger partial charge in [-0.05, 0) is 6.42 Å². The largest absolute Gasteiger partial charge is 0.477 e. The molecule has 0 aliphatic carbocycles. The van der Waals surface area contributed by atoms with Gasteiger partial charge in [0.25, 0.3) is 0 Å². The minimum Gasteiger partial charge on any atom is -0.477 e. The third-order valence-electron chi connectivity index (χ3n) is 2.11. The number of hydrogen-bond donors (Lipinski definition) is 2. The SMILES string of the molecule is CCCNC(=O)Cn1ccc(=O)c(C(=O)O)c1. The van der Waals surface area contributed by atoms with Crippen LogP contribution in [-0.2, 0) is 11.3 Å². The van der Waals surface area contributed by atoms with E-state index < -0.39 is 11.4 Å². The van der Waals surface area contributed by atoms with Crippen molar-refractivity contribution < 1.29 is 14.7 Å². The van der Waals surface area contributed by atoms with Crippen molar-refractivity contribution in [2.45, 2.75) is 19.9 Å². The molecule has 1 aromatic heterocycles. The minimum atomic E-state index is -1.29. The second-order valence-corrected chi connectivity index (χ2v) is 3.55. The Bertz CT molecular complexity index is 479. The van der Waals surface area contributed by atoms with Crippen LogP contribution in [0.25, 0.3) is 0 Å². The maximum atomic E-state index is 11.4. The zero-order valence-corrected chi connectivity index (χ0v) is 9.47. The molecule has 17 heavy (non-hydrogen) atoms. The predicted molar refractivity (Wildman–Crippen MR) is 61.0 cm³/mol.